The van der Waals surface area contributed by atoms with Crippen LogP contribution in [-0.2, 0) is 24.2 Å². The number of carbonyl (C=O) groups is 1. The molecule has 2 aliphatic heterocycles. The van der Waals surface area contributed by atoms with Crippen LogP contribution in [0.2, 0.25) is 0 Å². The van der Waals surface area contributed by atoms with Gasteiger partial charge in [-0.2, -0.15) is 0 Å². The van der Waals surface area contributed by atoms with E-state index in [4.69, 9.17) is 15.3 Å². The lowest BCUT2D eigenvalue weighted by molar-refractivity contribution is -0.143. The van der Waals surface area contributed by atoms with Gasteiger partial charge in [0.15, 0.2) is 9.84 Å². The average Bonchev–Trinajstić information content (AvgIpc) is 3.16. The van der Waals surface area contributed by atoms with Gasteiger partial charge in [-0.05, 0) is 25.2 Å². The third-order valence-electron chi connectivity index (χ3n) is 5.09. The number of sulfone groups is 1. The van der Waals surface area contributed by atoms with Crippen molar-refractivity contribution >= 4 is 21.6 Å². The largest absolute Gasteiger partial charge is 0.384 e. The molecule has 0 aromatic rings. The zero-order valence-corrected chi connectivity index (χ0v) is 17.1. The van der Waals surface area contributed by atoms with Gasteiger partial charge in [-0.1, -0.05) is 25.9 Å². The van der Waals surface area contributed by atoms with Crippen LogP contribution in [0.5, 0.6) is 0 Å². The van der Waals surface area contributed by atoms with Crippen molar-refractivity contribution in [3.8, 4) is 0 Å². The Morgan fingerprint density at radius 3 is 2.54 bits per heavy atom. The number of nitrogens with zero attached hydrogens (tertiary/aromatic N) is 2. The fourth-order valence-corrected chi connectivity index (χ4v) is 5.32. The Morgan fingerprint density at radius 2 is 2.00 bits per heavy atom. The number of likely N-dealkylation sites (N-methyl/N-ethyl adjacent to an activating group) is 1. The summed E-state index contributed by atoms with van der Waals surface area (Å²) in [6.45, 7) is 8.46. The average molecular weight is 390 g/mol. The molecule has 2 saturated heterocycles. The lowest BCUT2D eigenvalue weighted by atomic mass is 9.81. The quantitative estimate of drug-likeness (QED) is 0.422. The third kappa shape index (κ3) is 4.88. The van der Waals surface area contributed by atoms with Gasteiger partial charge in [-0.25, -0.2) is 8.42 Å². The van der Waals surface area contributed by atoms with E-state index in [1.807, 2.05) is 0 Å². The molecule has 8 nitrogen and oxygen atoms in total. The zero-order valence-electron chi connectivity index (χ0n) is 16.3. The van der Waals surface area contributed by atoms with Gasteiger partial charge < -0.3 is 20.2 Å². The predicted molar refractivity (Wildman–Crippen MR) is 99.3 cm³/mol. The van der Waals surface area contributed by atoms with Crippen LogP contribution < -0.4 is 5.73 Å². The molecule has 0 radical (unpaired) electrons. The number of ether oxygens (including phenoxy) is 1. The molecule has 150 valence electrons. The van der Waals surface area contributed by atoms with Crippen LogP contribution in [0.15, 0.2) is 5.16 Å². The van der Waals surface area contributed by atoms with Gasteiger partial charge in [0.05, 0.1) is 17.6 Å². The van der Waals surface area contributed by atoms with Crippen molar-refractivity contribution in [1.82, 2.24) is 4.90 Å². The second-order valence-corrected chi connectivity index (χ2v) is 10.6. The Hall–Kier alpha value is -1.35. The molecule has 0 unspecified atom stereocenters. The van der Waals surface area contributed by atoms with Crippen molar-refractivity contribution in [2.45, 2.75) is 58.8 Å². The van der Waals surface area contributed by atoms with Gasteiger partial charge in [0.25, 0.3) is 5.91 Å². The highest BCUT2D eigenvalue weighted by Gasteiger charge is 2.40. The first-order chi connectivity index (χ1) is 11.9. The molecule has 4 atom stereocenters. The highest BCUT2D eigenvalue weighted by molar-refractivity contribution is 7.91. The van der Waals surface area contributed by atoms with E-state index in [-0.39, 0.29) is 40.9 Å². The molecule has 2 N–H and O–H groups in total. The number of hydrogen-bond donors (Lipinski definition) is 1. The summed E-state index contributed by atoms with van der Waals surface area (Å²) in [5.74, 6) is 0.0906. The fraction of sp³-hybridized carbons (Fsp3) is 0.882. The Labute approximate surface area is 156 Å². The number of hydrogen-bond acceptors (Lipinski definition) is 6. The van der Waals surface area contributed by atoms with Gasteiger partial charge >= 0.3 is 0 Å². The van der Waals surface area contributed by atoms with Gasteiger partial charge in [-0.3, -0.25) is 4.79 Å². The predicted octanol–water partition coefficient (Wildman–Crippen LogP) is 0.760. The lowest BCUT2D eigenvalue weighted by Crippen LogP contribution is -2.43. The van der Waals surface area contributed by atoms with E-state index in [0.717, 1.165) is 6.42 Å². The number of carbonyl (C=O) groups excluding carboxylic acids is 1. The van der Waals surface area contributed by atoms with E-state index >= 15 is 0 Å². The van der Waals surface area contributed by atoms with Crippen molar-refractivity contribution in [2.24, 2.45) is 22.2 Å². The number of nitrogens with two attached hydrogens (primary N) is 1. The molecule has 26 heavy (non-hydrogen) atoms. The Bertz CT molecular complexity index is 656. The van der Waals surface area contributed by atoms with Crippen LogP contribution in [0.25, 0.3) is 0 Å². The summed E-state index contributed by atoms with van der Waals surface area (Å²) in [6.07, 6.45) is 0.336. The van der Waals surface area contributed by atoms with Crippen molar-refractivity contribution in [3.05, 3.63) is 0 Å². The van der Waals surface area contributed by atoms with Crippen LogP contribution in [0, 0.1) is 11.3 Å². The first-order valence-corrected chi connectivity index (χ1v) is 10.8. The molecule has 2 rings (SSSR count). The lowest BCUT2D eigenvalue weighted by Gasteiger charge is -2.30. The van der Waals surface area contributed by atoms with Gasteiger partial charge in [0, 0.05) is 25.6 Å². The summed E-state index contributed by atoms with van der Waals surface area (Å²) in [5, 5.41) is 3.98. The monoisotopic (exact) mass is 389 g/mol. The Balaban J connectivity index is 1.95. The van der Waals surface area contributed by atoms with E-state index in [1.165, 1.54) is 4.90 Å². The van der Waals surface area contributed by atoms with E-state index in [2.05, 4.69) is 25.9 Å². The van der Waals surface area contributed by atoms with E-state index in [9.17, 15) is 13.2 Å². The maximum absolute atomic E-state index is 12.5. The Morgan fingerprint density at radius 1 is 1.35 bits per heavy atom. The second-order valence-electron chi connectivity index (χ2n) is 8.32. The van der Waals surface area contributed by atoms with Crippen molar-refractivity contribution in [1.29, 1.82) is 0 Å². The maximum atomic E-state index is 12.5. The molecule has 2 heterocycles. The minimum absolute atomic E-state index is 0.0000420. The molecule has 0 aliphatic carbocycles. The van der Waals surface area contributed by atoms with Gasteiger partial charge in [-0.15, -0.1) is 0 Å². The summed E-state index contributed by atoms with van der Waals surface area (Å²) < 4.78 is 29.0. The van der Waals surface area contributed by atoms with Gasteiger partial charge in [0.1, 0.15) is 5.84 Å². The van der Waals surface area contributed by atoms with E-state index < -0.39 is 15.9 Å². The third-order valence-corrected chi connectivity index (χ3v) is 6.84. The van der Waals surface area contributed by atoms with Crippen LogP contribution in [0.3, 0.4) is 0 Å². The van der Waals surface area contributed by atoms with Crippen molar-refractivity contribution in [3.63, 3.8) is 0 Å². The maximum Gasteiger partial charge on any atom is 0.266 e. The molecule has 1 amide bonds. The molecule has 2 fully saturated rings. The van der Waals surface area contributed by atoms with Crippen molar-refractivity contribution < 1.29 is 22.8 Å². The fourth-order valence-electron chi connectivity index (χ4n) is 3.55. The summed E-state index contributed by atoms with van der Waals surface area (Å²) >= 11 is 0. The summed E-state index contributed by atoms with van der Waals surface area (Å²) in [6, 6.07) is -0.312. The van der Waals surface area contributed by atoms with Crippen LogP contribution in [-0.4, -0.2) is 68.5 Å². The molecule has 0 spiro atoms. The molecule has 0 aromatic carbocycles. The van der Waals surface area contributed by atoms with E-state index in [0.29, 0.717) is 18.9 Å². The van der Waals surface area contributed by atoms with Gasteiger partial charge in [0.2, 0.25) is 6.10 Å². The molecular weight excluding hydrogens is 358 g/mol. The topological polar surface area (TPSA) is 111 Å². The molecule has 0 bridgehead atoms. The molecule has 0 saturated carbocycles. The van der Waals surface area contributed by atoms with Crippen LogP contribution >= 0.6 is 0 Å². The van der Waals surface area contributed by atoms with Crippen LogP contribution in [0.4, 0.5) is 0 Å². The molecule has 0 aromatic heterocycles. The molecule has 2 aliphatic rings. The zero-order chi connectivity index (χ0) is 19.7. The molecule has 9 heteroatoms. The minimum atomic E-state index is -3.05. The number of oxime groups is 1. The number of rotatable bonds is 5. The Kier molecular flexibility index (Phi) is 6.22. The van der Waals surface area contributed by atoms with Crippen LogP contribution in [0.1, 0.15) is 40.5 Å². The summed E-state index contributed by atoms with van der Waals surface area (Å²) in [4.78, 5) is 19.3. The first kappa shape index (κ1) is 21.0. The number of amidine groups is 1. The highest BCUT2D eigenvalue weighted by atomic mass is 32.2. The normalized spacial score (nSPS) is 30.2. The number of amides is 1. The SMILES string of the molecule is C[C@H](O/N=C(/N)[C@H]1CCO[C@@H]1C(C)(C)C)C(=O)N(C)[C@@H]1CCS(=O)(=O)C1. The standard InChI is InChI=1S/C17H31N3O5S/c1-11(16(21)20(5)12-7-9-26(22,23)10-12)25-19-15(18)13-6-8-24-14(13)17(2,3)4/h11-14H,6-10H2,1-5H3,(H2,18,19)/t11-,12+,13-,14-/m0/s1. The second kappa shape index (κ2) is 7.72. The first-order valence-electron chi connectivity index (χ1n) is 9.00. The minimum Gasteiger partial charge on any atom is -0.384 e. The smallest absolute Gasteiger partial charge is 0.266 e. The highest BCUT2D eigenvalue weighted by Crippen LogP contribution is 2.34. The summed E-state index contributed by atoms with van der Waals surface area (Å²) in [5.41, 5.74) is 6.02. The van der Waals surface area contributed by atoms with Crippen molar-refractivity contribution in [2.75, 3.05) is 25.2 Å². The summed E-state index contributed by atoms with van der Waals surface area (Å²) in [7, 11) is -1.45. The van der Waals surface area contributed by atoms with E-state index in [1.54, 1.807) is 14.0 Å². The molecular formula is C17H31N3O5S.